The molecule has 4 rings (SSSR count). The molecule has 0 aromatic heterocycles. The van der Waals surface area contributed by atoms with Gasteiger partial charge in [0, 0.05) is 17.8 Å². The number of benzene rings is 2. The number of ether oxygens (including phenoxy) is 1. The molecule has 3 amide bonds. The number of rotatable bonds is 8. The molecule has 2 fully saturated rings. The van der Waals surface area contributed by atoms with Gasteiger partial charge in [-0.25, -0.2) is 4.79 Å². The van der Waals surface area contributed by atoms with Crippen molar-refractivity contribution in [2.45, 2.75) is 44.8 Å². The molecule has 2 aromatic carbocycles. The van der Waals surface area contributed by atoms with Crippen LogP contribution in [-0.4, -0.2) is 42.8 Å². The van der Waals surface area contributed by atoms with Crippen molar-refractivity contribution in [2.24, 2.45) is 11.8 Å². The first-order chi connectivity index (χ1) is 18.5. The number of halogens is 3. The minimum Gasteiger partial charge on any atom is -0.462 e. The Balaban J connectivity index is 1.40. The van der Waals surface area contributed by atoms with Gasteiger partial charge in [0.1, 0.15) is 0 Å². The van der Waals surface area contributed by atoms with Crippen molar-refractivity contribution in [1.29, 1.82) is 0 Å². The Morgan fingerprint density at radius 1 is 1.05 bits per heavy atom. The summed E-state index contributed by atoms with van der Waals surface area (Å²) in [6.07, 6.45) is -5.09. The number of carbonyl (C=O) groups is 4. The van der Waals surface area contributed by atoms with Crippen molar-refractivity contribution in [2.75, 3.05) is 17.2 Å². The highest BCUT2D eigenvalue weighted by atomic mass is 19.4. The van der Waals surface area contributed by atoms with Gasteiger partial charge >= 0.3 is 12.1 Å². The summed E-state index contributed by atoms with van der Waals surface area (Å²) in [5.74, 6) is -4.08. The first-order valence-corrected chi connectivity index (χ1v) is 12.4. The molecule has 4 unspecified atom stereocenters. The van der Waals surface area contributed by atoms with E-state index in [0.29, 0.717) is 17.9 Å². The second-order valence-corrected chi connectivity index (χ2v) is 9.27. The lowest BCUT2D eigenvalue weighted by molar-refractivity contribution is -0.144. The Bertz CT molecular complexity index is 1240. The highest BCUT2D eigenvalue weighted by Gasteiger charge is 2.48. The third-order valence-corrected chi connectivity index (χ3v) is 6.41. The molecule has 5 N–H and O–H groups in total. The van der Waals surface area contributed by atoms with Crippen LogP contribution in [0.25, 0.3) is 0 Å². The van der Waals surface area contributed by atoms with Crippen LogP contribution in [0.1, 0.15) is 42.1 Å². The molecule has 0 aliphatic carbocycles. The van der Waals surface area contributed by atoms with E-state index in [2.05, 4.69) is 26.6 Å². The third kappa shape index (κ3) is 6.85. The third-order valence-electron chi connectivity index (χ3n) is 6.41. The molecule has 0 saturated carbocycles. The second-order valence-electron chi connectivity index (χ2n) is 9.27. The number of carbonyl (C=O) groups excluding carboxylic acids is 4. The Hall–Kier alpha value is -4.13. The van der Waals surface area contributed by atoms with Crippen molar-refractivity contribution in [3.63, 3.8) is 0 Å². The number of anilines is 2. The van der Waals surface area contributed by atoms with E-state index >= 15 is 0 Å². The largest absolute Gasteiger partial charge is 0.462 e. The fourth-order valence-electron chi connectivity index (χ4n) is 4.42. The molecule has 2 saturated heterocycles. The monoisotopic (exact) mass is 547 g/mol. The van der Waals surface area contributed by atoms with Crippen LogP contribution in [0.3, 0.4) is 0 Å². The van der Waals surface area contributed by atoms with E-state index in [4.69, 9.17) is 4.74 Å². The molecular formula is C26H28F3N5O5. The fourth-order valence-corrected chi connectivity index (χ4v) is 4.42. The molecule has 4 atom stereocenters. The summed E-state index contributed by atoms with van der Waals surface area (Å²) in [5, 5.41) is 13.6. The van der Waals surface area contributed by atoms with Crippen molar-refractivity contribution in [3.05, 3.63) is 59.7 Å². The SMILES string of the molecule is CCCCOC(=O)c1ccc(NC(=O)C2CC(=O)NC3NC(Nc4cccc(C(F)(F)F)c4)NC(=O)C32)cc1. The van der Waals surface area contributed by atoms with Crippen molar-refractivity contribution >= 4 is 35.1 Å². The summed E-state index contributed by atoms with van der Waals surface area (Å²) in [4.78, 5) is 50.6. The maximum Gasteiger partial charge on any atom is 0.416 e. The molecule has 0 bridgehead atoms. The molecule has 2 heterocycles. The molecule has 2 aliphatic rings. The van der Waals surface area contributed by atoms with Gasteiger partial charge < -0.3 is 26.0 Å². The van der Waals surface area contributed by atoms with E-state index in [9.17, 15) is 32.3 Å². The van der Waals surface area contributed by atoms with Gasteiger partial charge in [0.15, 0.2) is 6.29 Å². The standard InChI is InChI=1S/C26H28F3N5O5/c1-2-3-11-39-24(38)14-7-9-16(10-8-14)30-22(36)18-13-19(35)32-21-20(18)23(37)34-25(33-21)31-17-6-4-5-15(12-17)26(27,28)29/h4-10,12,18,20-21,25,31,33H,2-3,11,13H2,1H3,(H,30,36)(H,32,35)(H,34,37). The highest BCUT2D eigenvalue weighted by Crippen LogP contribution is 2.31. The number of amides is 3. The fraction of sp³-hybridized carbons (Fsp3) is 0.385. The Labute approximate surface area is 222 Å². The number of fused-ring (bicyclic) bond motifs is 1. The lowest BCUT2D eigenvalue weighted by Gasteiger charge is -2.43. The van der Waals surface area contributed by atoms with Crippen LogP contribution in [0.5, 0.6) is 0 Å². The predicted octanol–water partition coefficient (Wildman–Crippen LogP) is 2.79. The van der Waals surface area contributed by atoms with Gasteiger partial charge in [-0.05, 0) is 48.9 Å². The molecule has 10 nitrogen and oxygen atoms in total. The van der Waals surface area contributed by atoms with Crippen LogP contribution in [0.4, 0.5) is 24.5 Å². The highest BCUT2D eigenvalue weighted by molar-refractivity contribution is 6.00. The average molecular weight is 548 g/mol. The Kier molecular flexibility index (Phi) is 8.38. The van der Waals surface area contributed by atoms with Crippen molar-refractivity contribution in [1.82, 2.24) is 16.0 Å². The van der Waals surface area contributed by atoms with Gasteiger partial charge in [0.2, 0.25) is 17.7 Å². The zero-order valence-electron chi connectivity index (χ0n) is 20.9. The summed E-state index contributed by atoms with van der Waals surface area (Å²) in [6, 6.07) is 10.5. The minimum atomic E-state index is -4.54. The maximum atomic E-state index is 13.1. The lowest BCUT2D eigenvalue weighted by Crippen LogP contribution is -2.72. The molecule has 0 radical (unpaired) electrons. The summed E-state index contributed by atoms with van der Waals surface area (Å²) >= 11 is 0. The van der Waals surface area contributed by atoms with Gasteiger partial charge in [-0.3, -0.25) is 19.7 Å². The zero-order chi connectivity index (χ0) is 28.2. The number of piperidine rings is 1. The summed E-state index contributed by atoms with van der Waals surface area (Å²) in [7, 11) is 0. The van der Waals surface area contributed by atoms with Gasteiger partial charge in [-0.1, -0.05) is 19.4 Å². The van der Waals surface area contributed by atoms with E-state index in [1.165, 1.54) is 36.4 Å². The first kappa shape index (κ1) is 27.9. The molecule has 208 valence electrons. The van der Waals surface area contributed by atoms with Crippen LogP contribution in [0.2, 0.25) is 0 Å². The van der Waals surface area contributed by atoms with E-state index < -0.39 is 59.7 Å². The summed E-state index contributed by atoms with van der Waals surface area (Å²) in [6.45, 7) is 2.29. The van der Waals surface area contributed by atoms with E-state index in [1.54, 1.807) is 0 Å². The molecule has 2 aliphatic heterocycles. The molecule has 39 heavy (non-hydrogen) atoms. The van der Waals surface area contributed by atoms with Crippen LogP contribution in [-0.2, 0) is 25.3 Å². The minimum absolute atomic E-state index is 0.0928. The number of alkyl halides is 3. The number of unbranched alkanes of at least 4 members (excludes halogenated alkanes) is 1. The van der Waals surface area contributed by atoms with Gasteiger partial charge in [0.25, 0.3) is 0 Å². The number of hydrogen-bond donors (Lipinski definition) is 5. The molecular weight excluding hydrogens is 519 g/mol. The van der Waals surface area contributed by atoms with Crippen LogP contribution in [0.15, 0.2) is 48.5 Å². The number of hydrogen-bond acceptors (Lipinski definition) is 7. The summed E-state index contributed by atoms with van der Waals surface area (Å²) < 4.78 is 44.3. The van der Waals surface area contributed by atoms with Crippen LogP contribution < -0.4 is 26.6 Å². The zero-order valence-corrected chi connectivity index (χ0v) is 20.9. The smallest absolute Gasteiger partial charge is 0.416 e. The molecule has 2 aromatic rings. The first-order valence-electron chi connectivity index (χ1n) is 12.4. The molecule has 0 spiro atoms. The van der Waals surface area contributed by atoms with Gasteiger partial charge in [-0.15, -0.1) is 0 Å². The van der Waals surface area contributed by atoms with E-state index in [0.717, 1.165) is 25.0 Å². The van der Waals surface area contributed by atoms with Crippen LogP contribution >= 0.6 is 0 Å². The average Bonchev–Trinajstić information content (AvgIpc) is 2.88. The number of esters is 1. The van der Waals surface area contributed by atoms with Crippen LogP contribution in [0, 0.1) is 11.8 Å². The maximum absolute atomic E-state index is 13.1. The Morgan fingerprint density at radius 3 is 2.49 bits per heavy atom. The number of nitrogens with one attached hydrogen (secondary N) is 5. The van der Waals surface area contributed by atoms with Crippen molar-refractivity contribution in [3.8, 4) is 0 Å². The van der Waals surface area contributed by atoms with E-state index in [1.807, 2.05) is 6.92 Å². The van der Waals surface area contributed by atoms with Crippen molar-refractivity contribution < 1.29 is 37.1 Å². The van der Waals surface area contributed by atoms with Gasteiger partial charge in [-0.2, -0.15) is 13.2 Å². The predicted molar refractivity (Wildman–Crippen MR) is 134 cm³/mol. The quantitative estimate of drug-likeness (QED) is 0.253. The Morgan fingerprint density at radius 2 is 1.79 bits per heavy atom. The molecule has 13 heteroatoms. The second kappa shape index (κ2) is 11.7. The topological polar surface area (TPSA) is 138 Å². The van der Waals surface area contributed by atoms with Gasteiger partial charge in [0.05, 0.1) is 35.7 Å². The van der Waals surface area contributed by atoms with E-state index in [-0.39, 0.29) is 12.1 Å². The summed E-state index contributed by atoms with van der Waals surface area (Å²) in [5.41, 5.74) is -0.0934. The lowest BCUT2D eigenvalue weighted by atomic mass is 9.81. The normalized spacial score (nSPS) is 22.7.